The molecule has 1 aliphatic rings. The third-order valence-corrected chi connectivity index (χ3v) is 8.99. The van der Waals surface area contributed by atoms with Crippen molar-refractivity contribution in [1.29, 1.82) is 0 Å². The Balaban J connectivity index is 3.16. The smallest absolute Gasteiger partial charge is 0.315 e. The van der Waals surface area contributed by atoms with E-state index >= 15 is 0 Å². The summed E-state index contributed by atoms with van der Waals surface area (Å²) in [5.74, 6) is -2.32. The van der Waals surface area contributed by atoms with Crippen molar-refractivity contribution in [2.75, 3.05) is 40.8 Å². The Labute approximate surface area is 266 Å². The number of Topliss-reactive ketones (excluding diaryl/α,β-unsaturated/α-hetero) is 1. The van der Waals surface area contributed by atoms with E-state index in [-0.39, 0.29) is 17.9 Å². The number of amides is 5. The van der Waals surface area contributed by atoms with Crippen LogP contribution in [-0.4, -0.2) is 112 Å². The molecule has 6 atom stereocenters. The van der Waals surface area contributed by atoms with E-state index in [1.807, 2.05) is 48.5 Å². The minimum Gasteiger partial charge on any atom is -0.350 e. The molecule has 0 spiro atoms. The summed E-state index contributed by atoms with van der Waals surface area (Å²) in [4.78, 5) is 67.5. The minimum atomic E-state index is -1.38. The van der Waals surface area contributed by atoms with Crippen LogP contribution in [0, 0.1) is 17.3 Å². The maximum Gasteiger partial charge on any atom is 0.315 e. The maximum atomic E-state index is 14.1. The Bertz CT molecular complexity index is 1030. The van der Waals surface area contributed by atoms with Gasteiger partial charge in [-0.2, -0.15) is 0 Å². The van der Waals surface area contributed by atoms with Gasteiger partial charge >= 0.3 is 6.03 Å². The first kappa shape index (κ1) is 39.4. The van der Waals surface area contributed by atoms with Gasteiger partial charge in [0.25, 0.3) is 5.91 Å². The monoisotopic (exact) mass is 643 g/mol. The molecule has 0 aromatic rings. The van der Waals surface area contributed by atoms with Gasteiger partial charge in [-0.25, -0.2) is 17.6 Å². The van der Waals surface area contributed by atoms with Gasteiger partial charge < -0.3 is 26.2 Å². The molecular weight excluding hydrogens is 586 g/mol. The van der Waals surface area contributed by atoms with E-state index < -0.39 is 64.2 Å². The molecule has 0 aliphatic carbocycles. The van der Waals surface area contributed by atoms with Crippen molar-refractivity contribution in [3.8, 4) is 0 Å². The maximum absolute atomic E-state index is 14.1. The van der Waals surface area contributed by atoms with Crippen molar-refractivity contribution in [1.82, 2.24) is 34.8 Å². The average molecular weight is 644 g/mol. The molecule has 14 heteroatoms. The van der Waals surface area contributed by atoms with Crippen LogP contribution < -0.4 is 21.3 Å². The van der Waals surface area contributed by atoms with Crippen LogP contribution in [0.4, 0.5) is 4.79 Å². The standard InChI is InChI=1S/C30H57N7O6S/c1-12-14-15-21(24(38)27(40)31-13-2)32-26(39)23-16-20(5)17-37(23)28(41)25(30(6,7)8)34-29(42)33-22(19(3)4)18-36(11)44(43)35(9)10/h19-23,25H,12-18H2,1-11H3,(H,31,40)(H,32,39)(H2,33,34,42). The topological polar surface area (TPSA) is 160 Å². The molecule has 0 aromatic heterocycles. The summed E-state index contributed by atoms with van der Waals surface area (Å²) in [6.45, 7) is 15.9. The first-order valence-electron chi connectivity index (χ1n) is 15.7. The largest absolute Gasteiger partial charge is 0.350 e. The Kier molecular flexibility index (Phi) is 15.9. The molecule has 1 aliphatic heterocycles. The molecule has 0 radical (unpaired) electrons. The first-order chi connectivity index (χ1) is 20.3. The zero-order chi connectivity index (χ0) is 33.9. The number of unbranched alkanes of at least 4 members (excludes halogenated alkanes) is 1. The van der Waals surface area contributed by atoms with Gasteiger partial charge in [0.1, 0.15) is 12.1 Å². The summed E-state index contributed by atoms with van der Waals surface area (Å²) in [7, 11) is 5.12. The van der Waals surface area contributed by atoms with Crippen LogP contribution in [0.1, 0.15) is 81.1 Å². The van der Waals surface area contributed by atoms with E-state index in [1.54, 1.807) is 36.7 Å². The van der Waals surface area contributed by atoms with Crippen molar-refractivity contribution < 1.29 is 28.2 Å². The number of hydrogen-bond acceptors (Lipinski definition) is 6. The Morgan fingerprint density at radius 3 is 2.11 bits per heavy atom. The van der Waals surface area contributed by atoms with Crippen LogP contribution in [0.15, 0.2) is 0 Å². The molecule has 0 saturated carbocycles. The molecule has 13 nitrogen and oxygen atoms in total. The van der Waals surface area contributed by atoms with E-state index in [0.717, 1.165) is 6.42 Å². The van der Waals surface area contributed by atoms with Crippen LogP contribution in [-0.2, 0) is 30.3 Å². The molecule has 4 N–H and O–H groups in total. The normalized spacial score (nSPS) is 19.8. The molecule has 254 valence electrons. The van der Waals surface area contributed by atoms with Gasteiger partial charge in [0.05, 0.1) is 6.04 Å². The van der Waals surface area contributed by atoms with Gasteiger partial charge in [0, 0.05) is 46.8 Å². The van der Waals surface area contributed by atoms with Crippen LogP contribution in [0.3, 0.4) is 0 Å². The molecule has 44 heavy (non-hydrogen) atoms. The summed E-state index contributed by atoms with van der Waals surface area (Å²) in [6.07, 6.45) is 2.13. The number of ketones is 1. The number of likely N-dealkylation sites (N-methyl/N-ethyl adjacent to an activating group) is 2. The quantitative estimate of drug-likeness (QED) is 0.186. The van der Waals surface area contributed by atoms with Crippen LogP contribution in [0.25, 0.3) is 0 Å². The SMILES string of the molecule is CCCCC(NC(=O)C1CC(C)CN1C(=O)C(NC(=O)NC(CN(C)S(=O)N(C)C)C(C)C)C(C)(C)C)C(=O)C(=O)NCC. The van der Waals surface area contributed by atoms with Gasteiger partial charge in [-0.15, -0.1) is 0 Å². The molecule has 5 amide bonds. The van der Waals surface area contributed by atoms with E-state index in [1.165, 1.54) is 4.90 Å². The zero-order valence-corrected chi connectivity index (χ0v) is 29.4. The summed E-state index contributed by atoms with van der Waals surface area (Å²) in [5, 5.41) is 11.0. The van der Waals surface area contributed by atoms with Gasteiger partial charge in [0.15, 0.2) is 11.2 Å². The molecule has 1 fully saturated rings. The van der Waals surface area contributed by atoms with Crippen molar-refractivity contribution >= 4 is 40.7 Å². The summed E-state index contributed by atoms with van der Waals surface area (Å²) in [5.41, 5.74) is -0.699. The predicted octanol–water partition coefficient (Wildman–Crippen LogP) is 1.41. The highest BCUT2D eigenvalue weighted by atomic mass is 32.2. The molecule has 1 heterocycles. The number of rotatable bonds is 16. The number of carbonyl (C=O) groups is 5. The summed E-state index contributed by atoms with van der Waals surface area (Å²) < 4.78 is 15.7. The second kappa shape index (κ2) is 17.8. The lowest BCUT2D eigenvalue weighted by molar-refractivity contribution is -0.143. The number of carbonyl (C=O) groups excluding carboxylic acids is 5. The van der Waals surface area contributed by atoms with Crippen LogP contribution >= 0.6 is 0 Å². The molecule has 6 unspecified atom stereocenters. The van der Waals surface area contributed by atoms with Crippen molar-refractivity contribution in [3.63, 3.8) is 0 Å². The molecule has 1 rings (SSSR count). The lowest BCUT2D eigenvalue weighted by Gasteiger charge is -2.36. The van der Waals surface area contributed by atoms with E-state index in [2.05, 4.69) is 21.3 Å². The lowest BCUT2D eigenvalue weighted by atomic mass is 9.85. The van der Waals surface area contributed by atoms with Gasteiger partial charge in [-0.05, 0) is 37.0 Å². The van der Waals surface area contributed by atoms with Crippen LogP contribution in [0.5, 0.6) is 0 Å². The Morgan fingerprint density at radius 2 is 1.61 bits per heavy atom. The summed E-state index contributed by atoms with van der Waals surface area (Å²) in [6, 6.07) is -3.69. The van der Waals surface area contributed by atoms with Crippen molar-refractivity contribution in [2.24, 2.45) is 17.3 Å². The number of hydrogen-bond donors (Lipinski definition) is 4. The fourth-order valence-electron chi connectivity index (χ4n) is 5.09. The van der Waals surface area contributed by atoms with E-state index in [4.69, 9.17) is 0 Å². The number of likely N-dealkylation sites (tertiary alicyclic amines) is 1. The predicted molar refractivity (Wildman–Crippen MR) is 172 cm³/mol. The second-order valence-corrected chi connectivity index (χ2v) is 15.2. The van der Waals surface area contributed by atoms with Gasteiger partial charge in [0.2, 0.25) is 17.6 Å². The van der Waals surface area contributed by atoms with Gasteiger partial charge in [-0.3, -0.25) is 19.2 Å². The molecule has 1 saturated heterocycles. The molecule has 0 bridgehead atoms. The fourth-order valence-corrected chi connectivity index (χ4v) is 5.93. The molecular formula is C30H57N7O6S. The number of urea groups is 1. The second-order valence-electron chi connectivity index (χ2n) is 13.4. The number of nitrogens with zero attached hydrogens (tertiary/aromatic N) is 3. The zero-order valence-electron chi connectivity index (χ0n) is 28.6. The van der Waals surface area contributed by atoms with Crippen molar-refractivity contribution in [3.05, 3.63) is 0 Å². The van der Waals surface area contributed by atoms with E-state index in [0.29, 0.717) is 38.9 Å². The highest BCUT2D eigenvalue weighted by Gasteiger charge is 2.44. The Morgan fingerprint density at radius 1 is 1.00 bits per heavy atom. The third kappa shape index (κ3) is 11.7. The Hall–Kier alpha value is -2.58. The first-order valence-corrected chi connectivity index (χ1v) is 16.7. The third-order valence-electron chi connectivity index (χ3n) is 7.68. The highest BCUT2D eigenvalue weighted by Crippen LogP contribution is 2.28. The number of nitrogens with one attached hydrogen (secondary N) is 4. The van der Waals surface area contributed by atoms with E-state index in [9.17, 15) is 28.2 Å². The van der Waals surface area contributed by atoms with Crippen molar-refractivity contribution in [2.45, 2.75) is 105 Å². The minimum absolute atomic E-state index is 0.00996. The fraction of sp³-hybridized carbons (Fsp3) is 0.833. The summed E-state index contributed by atoms with van der Waals surface area (Å²) >= 11 is -1.38. The van der Waals surface area contributed by atoms with Crippen LogP contribution in [0.2, 0.25) is 0 Å². The highest BCUT2D eigenvalue weighted by molar-refractivity contribution is 7.80. The van der Waals surface area contributed by atoms with Gasteiger partial charge in [-0.1, -0.05) is 61.3 Å². The average Bonchev–Trinajstić information content (AvgIpc) is 3.33. The molecule has 0 aromatic carbocycles. The lowest BCUT2D eigenvalue weighted by Crippen LogP contribution is -2.61.